The first-order valence-corrected chi connectivity index (χ1v) is 9.27. The van der Waals surface area contributed by atoms with Gasteiger partial charge in [0.1, 0.15) is 0 Å². The summed E-state index contributed by atoms with van der Waals surface area (Å²) in [6.07, 6.45) is 3.20. The van der Waals surface area contributed by atoms with Crippen molar-refractivity contribution in [3.63, 3.8) is 0 Å². The van der Waals surface area contributed by atoms with Gasteiger partial charge in [-0.25, -0.2) is 0 Å². The number of benzene rings is 1. The Hall–Kier alpha value is -1.92. The monoisotopic (exact) mass is 340 g/mol. The number of aromatic nitrogens is 2. The molecule has 0 saturated carbocycles. The maximum Gasteiger partial charge on any atom is 0.275 e. The molecule has 1 N–H and O–H groups in total. The van der Waals surface area contributed by atoms with Crippen LogP contribution in [0, 0.1) is 0 Å². The number of piperazine rings is 1. The van der Waals surface area contributed by atoms with Crippen LogP contribution in [0.1, 0.15) is 41.2 Å². The van der Waals surface area contributed by atoms with Crippen LogP contribution in [0.4, 0.5) is 0 Å². The largest absolute Gasteiger partial charge is 0.381 e. The summed E-state index contributed by atoms with van der Waals surface area (Å²) in [7, 11) is 2.15. The van der Waals surface area contributed by atoms with Crippen molar-refractivity contribution in [1.82, 2.24) is 20.0 Å². The molecule has 0 spiro atoms. The van der Waals surface area contributed by atoms with Crippen LogP contribution < -0.4 is 0 Å². The third-order valence-electron chi connectivity index (χ3n) is 6.26. The zero-order chi connectivity index (χ0) is 17.0. The lowest BCUT2D eigenvalue weighted by Crippen LogP contribution is -2.47. The highest BCUT2D eigenvalue weighted by atomic mass is 16.5. The Labute approximate surface area is 147 Å². The number of hydrogen-bond acceptors (Lipinski definition) is 4. The minimum absolute atomic E-state index is 0.0796. The Bertz CT molecular complexity index is 809. The zero-order valence-corrected chi connectivity index (χ0v) is 14.6. The Morgan fingerprint density at radius 2 is 2.08 bits per heavy atom. The topological polar surface area (TPSA) is 61.5 Å². The van der Waals surface area contributed by atoms with E-state index in [1.54, 1.807) is 0 Å². The number of hydrogen-bond donors (Lipinski definition) is 1. The molecule has 0 radical (unpaired) electrons. The van der Waals surface area contributed by atoms with Crippen LogP contribution in [0.5, 0.6) is 0 Å². The zero-order valence-electron chi connectivity index (χ0n) is 14.6. The molecule has 3 fully saturated rings. The van der Waals surface area contributed by atoms with Crippen LogP contribution in [0.15, 0.2) is 18.2 Å². The molecule has 132 valence electrons. The first-order chi connectivity index (χ1) is 12.2. The summed E-state index contributed by atoms with van der Waals surface area (Å²) in [5.41, 5.74) is 2.83. The molecule has 2 bridgehead atoms. The van der Waals surface area contributed by atoms with Crippen molar-refractivity contribution >= 4 is 16.8 Å². The van der Waals surface area contributed by atoms with E-state index < -0.39 is 0 Å². The highest BCUT2D eigenvalue weighted by molar-refractivity contribution is 6.05. The van der Waals surface area contributed by atoms with Gasteiger partial charge in [-0.1, -0.05) is 6.07 Å². The summed E-state index contributed by atoms with van der Waals surface area (Å²) < 4.78 is 5.48. The number of likely N-dealkylation sites (N-methyl/N-ethyl adjacent to an activating group) is 1. The number of H-pyrrole nitrogens is 1. The van der Waals surface area contributed by atoms with Gasteiger partial charge in [-0.3, -0.25) is 14.8 Å². The van der Waals surface area contributed by atoms with E-state index in [2.05, 4.69) is 40.3 Å². The van der Waals surface area contributed by atoms with Gasteiger partial charge in [0, 0.05) is 43.8 Å². The number of aromatic amines is 1. The molecule has 3 saturated heterocycles. The Morgan fingerprint density at radius 1 is 1.24 bits per heavy atom. The Morgan fingerprint density at radius 3 is 2.80 bits per heavy atom. The van der Waals surface area contributed by atoms with Crippen molar-refractivity contribution in [3.8, 4) is 0 Å². The third kappa shape index (κ3) is 2.47. The van der Waals surface area contributed by atoms with Crippen molar-refractivity contribution in [3.05, 3.63) is 29.5 Å². The summed E-state index contributed by atoms with van der Waals surface area (Å²) in [5.74, 6) is 0.600. The quantitative estimate of drug-likeness (QED) is 0.908. The maximum absolute atomic E-state index is 13.1. The highest BCUT2D eigenvalue weighted by Crippen LogP contribution is 2.33. The van der Waals surface area contributed by atoms with Gasteiger partial charge in [-0.05, 0) is 49.9 Å². The van der Waals surface area contributed by atoms with Gasteiger partial charge in [-0.15, -0.1) is 0 Å². The summed E-state index contributed by atoms with van der Waals surface area (Å²) in [6, 6.07) is 7.25. The number of nitrogens with zero attached hydrogens (tertiary/aromatic N) is 3. The first-order valence-electron chi connectivity index (χ1n) is 9.27. The van der Waals surface area contributed by atoms with Gasteiger partial charge in [0.2, 0.25) is 0 Å². The standard InChI is InChI=1S/C19H24N4O2/c1-22-10-15-9-14(22)11-23(15)19(24)18-16-8-13(2-3-17(16)20-21-18)12-4-6-25-7-5-12/h2-3,8,12,14-15H,4-7,9-11H2,1H3,(H,20,21)/t14-,15-/m0/s1. The van der Waals surface area contributed by atoms with E-state index in [0.29, 0.717) is 23.7 Å². The fraction of sp³-hybridized carbons (Fsp3) is 0.579. The molecular weight excluding hydrogens is 316 g/mol. The molecule has 1 aromatic carbocycles. The van der Waals surface area contributed by atoms with E-state index >= 15 is 0 Å². The molecule has 3 aliphatic heterocycles. The average Bonchev–Trinajstić information content (AvgIpc) is 3.34. The summed E-state index contributed by atoms with van der Waals surface area (Å²) in [5, 5.41) is 8.38. The van der Waals surface area contributed by atoms with Gasteiger partial charge < -0.3 is 9.64 Å². The van der Waals surface area contributed by atoms with Crippen LogP contribution >= 0.6 is 0 Å². The molecule has 2 atom stereocenters. The van der Waals surface area contributed by atoms with E-state index in [1.165, 1.54) is 5.56 Å². The highest BCUT2D eigenvalue weighted by Gasteiger charge is 2.44. The number of ether oxygens (including phenoxy) is 1. The van der Waals surface area contributed by atoms with Crippen LogP contribution in [-0.2, 0) is 4.74 Å². The maximum atomic E-state index is 13.1. The Balaban J connectivity index is 1.46. The van der Waals surface area contributed by atoms with E-state index in [9.17, 15) is 4.79 Å². The predicted octanol–water partition coefficient (Wildman–Crippen LogP) is 1.99. The van der Waals surface area contributed by atoms with Crippen molar-refractivity contribution in [2.24, 2.45) is 0 Å². The molecule has 25 heavy (non-hydrogen) atoms. The fourth-order valence-electron chi connectivity index (χ4n) is 4.73. The van der Waals surface area contributed by atoms with Crippen molar-refractivity contribution in [2.75, 3.05) is 33.4 Å². The fourth-order valence-corrected chi connectivity index (χ4v) is 4.73. The third-order valence-corrected chi connectivity index (χ3v) is 6.26. The molecule has 1 amide bonds. The lowest BCUT2D eigenvalue weighted by atomic mass is 9.91. The van der Waals surface area contributed by atoms with Crippen LogP contribution in [0.3, 0.4) is 0 Å². The van der Waals surface area contributed by atoms with E-state index in [1.807, 2.05) is 4.90 Å². The SMILES string of the molecule is CN1C[C@@H]2C[C@H]1CN2C(=O)c1n[nH]c2ccc(C3CCOCC3)cc12. The lowest BCUT2D eigenvalue weighted by Gasteiger charge is -2.31. The minimum Gasteiger partial charge on any atom is -0.381 e. The summed E-state index contributed by atoms with van der Waals surface area (Å²) in [6.45, 7) is 3.45. The molecular formula is C19H24N4O2. The van der Waals surface area contributed by atoms with Crippen LogP contribution in [-0.4, -0.2) is 71.3 Å². The molecule has 1 aromatic heterocycles. The van der Waals surface area contributed by atoms with Crippen molar-refractivity contribution < 1.29 is 9.53 Å². The molecule has 2 aromatic rings. The summed E-state index contributed by atoms with van der Waals surface area (Å²) in [4.78, 5) is 17.5. The lowest BCUT2D eigenvalue weighted by molar-refractivity contribution is 0.0646. The van der Waals surface area contributed by atoms with E-state index in [-0.39, 0.29) is 5.91 Å². The molecule has 4 heterocycles. The van der Waals surface area contributed by atoms with Crippen molar-refractivity contribution in [1.29, 1.82) is 0 Å². The second-order valence-electron chi connectivity index (χ2n) is 7.70. The molecule has 6 nitrogen and oxygen atoms in total. The molecule has 3 aliphatic rings. The number of nitrogens with one attached hydrogen (secondary N) is 1. The first kappa shape index (κ1) is 15.3. The predicted molar refractivity (Wildman–Crippen MR) is 94.7 cm³/mol. The van der Waals surface area contributed by atoms with E-state index in [0.717, 1.165) is 56.5 Å². The van der Waals surface area contributed by atoms with E-state index in [4.69, 9.17) is 4.74 Å². The number of carbonyl (C=O) groups is 1. The number of likely N-dealkylation sites (tertiary alicyclic amines) is 2. The number of amides is 1. The average molecular weight is 340 g/mol. The molecule has 5 rings (SSSR count). The Kier molecular flexibility index (Phi) is 3.57. The van der Waals surface area contributed by atoms with Crippen molar-refractivity contribution in [2.45, 2.75) is 37.3 Å². The minimum atomic E-state index is 0.0796. The second-order valence-corrected chi connectivity index (χ2v) is 7.70. The molecule has 0 unspecified atom stereocenters. The van der Waals surface area contributed by atoms with Crippen LogP contribution in [0.25, 0.3) is 10.9 Å². The normalized spacial score (nSPS) is 27.5. The summed E-state index contributed by atoms with van der Waals surface area (Å²) >= 11 is 0. The van der Waals surface area contributed by atoms with Gasteiger partial charge >= 0.3 is 0 Å². The van der Waals surface area contributed by atoms with Crippen LogP contribution in [0.2, 0.25) is 0 Å². The number of carbonyl (C=O) groups excluding carboxylic acids is 1. The number of rotatable bonds is 2. The van der Waals surface area contributed by atoms with Gasteiger partial charge in [-0.2, -0.15) is 5.10 Å². The van der Waals surface area contributed by atoms with Gasteiger partial charge in [0.15, 0.2) is 5.69 Å². The van der Waals surface area contributed by atoms with Gasteiger partial charge in [0.05, 0.1) is 5.52 Å². The van der Waals surface area contributed by atoms with Gasteiger partial charge in [0.25, 0.3) is 5.91 Å². The second kappa shape index (κ2) is 5.81. The molecule has 6 heteroatoms. The molecule has 0 aliphatic carbocycles. The number of fused-ring (bicyclic) bond motifs is 3. The smallest absolute Gasteiger partial charge is 0.275 e.